The monoisotopic (exact) mass is 436 g/mol. The Balaban J connectivity index is 1.61. The van der Waals surface area contributed by atoms with E-state index >= 15 is 0 Å². The van der Waals surface area contributed by atoms with Gasteiger partial charge in [0.15, 0.2) is 5.82 Å². The van der Waals surface area contributed by atoms with E-state index in [0.717, 1.165) is 30.6 Å². The van der Waals surface area contributed by atoms with Crippen molar-refractivity contribution in [3.63, 3.8) is 0 Å². The van der Waals surface area contributed by atoms with Crippen molar-refractivity contribution < 1.29 is 0 Å². The van der Waals surface area contributed by atoms with Crippen molar-refractivity contribution in [3.05, 3.63) is 82.4 Å². The van der Waals surface area contributed by atoms with E-state index in [1.54, 1.807) is 15.3 Å². The number of aromatic amines is 1. The van der Waals surface area contributed by atoms with E-state index < -0.39 is 0 Å². The van der Waals surface area contributed by atoms with Gasteiger partial charge in [-0.2, -0.15) is 10.4 Å². The second-order valence-electron chi connectivity index (χ2n) is 8.21. The van der Waals surface area contributed by atoms with E-state index in [4.69, 9.17) is 5.10 Å². The molecular weight excluding hydrogens is 416 g/mol. The van der Waals surface area contributed by atoms with E-state index in [-0.39, 0.29) is 11.6 Å². The molecule has 9 nitrogen and oxygen atoms in total. The summed E-state index contributed by atoms with van der Waals surface area (Å²) in [4.78, 5) is 27.8. The Morgan fingerprint density at radius 1 is 1.18 bits per heavy atom. The van der Waals surface area contributed by atoms with Crippen LogP contribution in [0.25, 0.3) is 22.2 Å². The first kappa shape index (κ1) is 19.3. The lowest BCUT2D eigenvalue weighted by molar-refractivity contribution is 0.602. The lowest BCUT2D eigenvalue weighted by Gasteiger charge is -2.27. The lowest BCUT2D eigenvalue weighted by atomic mass is 10.1. The number of nitrogens with one attached hydrogen (secondary N) is 1. The molecule has 1 N–H and O–H groups in total. The number of hydrogen-bond acceptors (Lipinski definition) is 6. The van der Waals surface area contributed by atoms with Crippen molar-refractivity contribution in [2.75, 3.05) is 11.4 Å². The standard InChI is InChI=1S/C24H20N8O/c1-15-9-11-31-20(15)24(33)32(17-6-3-2-4-7-17)22(29-31)18-8-5-10-30(18)23-19-16(12-25)13-26-21(19)27-14-28-23/h2-4,6-7,9,11,13-14,18H,5,8,10H2,1H3,(H,26,27,28)/t18-/m0/s1. The van der Waals surface area contributed by atoms with Crippen molar-refractivity contribution in [2.24, 2.45) is 0 Å². The molecule has 1 aliphatic rings. The highest BCUT2D eigenvalue weighted by atomic mass is 16.1. The summed E-state index contributed by atoms with van der Waals surface area (Å²) in [5.74, 6) is 1.32. The van der Waals surface area contributed by atoms with Crippen LogP contribution in [0.1, 0.15) is 35.8 Å². The SMILES string of the molecule is Cc1ccn2nc([C@@H]3CCCN3c3ncnc4[nH]cc(C#N)c34)n(-c3ccccc3)c(=O)c12. The molecule has 6 rings (SSSR count). The van der Waals surface area contributed by atoms with Gasteiger partial charge in [0.25, 0.3) is 5.56 Å². The Kier molecular flexibility index (Phi) is 4.26. The average Bonchev–Trinajstić information content (AvgIpc) is 3.57. The maximum atomic E-state index is 13.7. The summed E-state index contributed by atoms with van der Waals surface area (Å²) in [5.41, 5.74) is 3.23. The van der Waals surface area contributed by atoms with Crippen LogP contribution in [0, 0.1) is 18.3 Å². The molecule has 0 spiro atoms. The molecule has 0 unspecified atom stereocenters. The summed E-state index contributed by atoms with van der Waals surface area (Å²) in [6, 6.07) is 13.5. The average molecular weight is 436 g/mol. The number of aryl methyl sites for hydroxylation is 1. The number of nitriles is 1. The number of rotatable bonds is 3. The maximum absolute atomic E-state index is 13.7. The molecule has 0 aliphatic carbocycles. The van der Waals surface area contributed by atoms with Gasteiger partial charge in [0, 0.05) is 18.9 Å². The normalized spacial score (nSPS) is 16.0. The summed E-state index contributed by atoms with van der Waals surface area (Å²) >= 11 is 0. The smallest absolute Gasteiger partial charge is 0.282 e. The Morgan fingerprint density at radius 2 is 2.03 bits per heavy atom. The molecule has 1 aliphatic heterocycles. The number of anilines is 1. The number of para-hydroxylation sites is 1. The van der Waals surface area contributed by atoms with Crippen LogP contribution in [0.3, 0.4) is 0 Å². The van der Waals surface area contributed by atoms with Crippen molar-refractivity contribution in [1.82, 2.24) is 29.1 Å². The van der Waals surface area contributed by atoms with Gasteiger partial charge >= 0.3 is 0 Å². The molecule has 4 aromatic heterocycles. The quantitative estimate of drug-likeness (QED) is 0.465. The third-order valence-electron chi connectivity index (χ3n) is 6.32. The van der Waals surface area contributed by atoms with Gasteiger partial charge in [-0.15, -0.1) is 0 Å². The van der Waals surface area contributed by atoms with Crippen LogP contribution < -0.4 is 10.5 Å². The number of aromatic nitrogens is 6. The van der Waals surface area contributed by atoms with E-state index in [9.17, 15) is 10.1 Å². The van der Waals surface area contributed by atoms with Gasteiger partial charge in [0.2, 0.25) is 0 Å². The van der Waals surface area contributed by atoms with Crippen LogP contribution in [-0.2, 0) is 0 Å². The highest BCUT2D eigenvalue weighted by Crippen LogP contribution is 2.38. The van der Waals surface area contributed by atoms with Crippen LogP contribution in [0.5, 0.6) is 0 Å². The molecule has 0 amide bonds. The predicted molar refractivity (Wildman–Crippen MR) is 123 cm³/mol. The zero-order valence-electron chi connectivity index (χ0n) is 17.9. The summed E-state index contributed by atoms with van der Waals surface area (Å²) < 4.78 is 3.39. The minimum absolute atomic E-state index is 0.104. The molecule has 162 valence electrons. The van der Waals surface area contributed by atoms with Crippen molar-refractivity contribution in [1.29, 1.82) is 5.26 Å². The Bertz CT molecular complexity index is 1610. The number of benzene rings is 1. The first-order valence-corrected chi connectivity index (χ1v) is 10.8. The molecule has 33 heavy (non-hydrogen) atoms. The second kappa shape index (κ2) is 7.31. The molecule has 0 radical (unpaired) electrons. The van der Waals surface area contributed by atoms with Gasteiger partial charge in [-0.3, -0.25) is 9.36 Å². The van der Waals surface area contributed by atoms with E-state index in [0.29, 0.717) is 33.8 Å². The molecule has 5 heterocycles. The highest BCUT2D eigenvalue weighted by Gasteiger charge is 2.34. The van der Waals surface area contributed by atoms with Gasteiger partial charge in [-0.1, -0.05) is 18.2 Å². The van der Waals surface area contributed by atoms with Crippen LogP contribution >= 0.6 is 0 Å². The number of fused-ring (bicyclic) bond motifs is 2. The van der Waals surface area contributed by atoms with E-state index in [1.807, 2.05) is 49.5 Å². The molecule has 1 fully saturated rings. The second-order valence-corrected chi connectivity index (χ2v) is 8.21. The van der Waals surface area contributed by atoms with E-state index in [1.165, 1.54) is 6.33 Å². The van der Waals surface area contributed by atoms with Crippen LogP contribution in [0.2, 0.25) is 0 Å². The third-order valence-corrected chi connectivity index (χ3v) is 6.32. The summed E-state index contributed by atoms with van der Waals surface area (Å²) in [6.07, 6.45) is 6.70. The van der Waals surface area contributed by atoms with Crippen molar-refractivity contribution in [2.45, 2.75) is 25.8 Å². The maximum Gasteiger partial charge on any atom is 0.282 e. The minimum atomic E-state index is -0.190. The lowest BCUT2D eigenvalue weighted by Crippen LogP contribution is -2.33. The molecule has 1 aromatic carbocycles. The minimum Gasteiger partial charge on any atom is -0.346 e. The number of hydrogen-bond donors (Lipinski definition) is 1. The van der Waals surface area contributed by atoms with Gasteiger partial charge < -0.3 is 9.88 Å². The molecular formula is C24H20N8O. The predicted octanol–water partition coefficient (Wildman–Crippen LogP) is 3.28. The zero-order chi connectivity index (χ0) is 22.5. The first-order chi connectivity index (χ1) is 16.2. The van der Waals surface area contributed by atoms with E-state index in [2.05, 4.69) is 25.9 Å². The summed E-state index contributed by atoms with van der Waals surface area (Å²) in [5, 5.41) is 15.2. The topological polar surface area (TPSA) is 108 Å². The molecule has 1 atom stereocenters. The molecule has 0 bridgehead atoms. The highest BCUT2D eigenvalue weighted by molar-refractivity contribution is 5.93. The Morgan fingerprint density at radius 3 is 2.85 bits per heavy atom. The Labute approximate surface area is 188 Å². The third kappa shape index (κ3) is 2.84. The van der Waals surface area contributed by atoms with Gasteiger partial charge in [-0.05, 0) is 43.5 Å². The van der Waals surface area contributed by atoms with Crippen LogP contribution in [0.4, 0.5) is 5.82 Å². The number of nitrogens with zero attached hydrogens (tertiary/aromatic N) is 7. The largest absolute Gasteiger partial charge is 0.346 e. The van der Waals surface area contributed by atoms with Gasteiger partial charge in [0.05, 0.1) is 22.7 Å². The van der Waals surface area contributed by atoms with Crippen LogP contribution in [-0.4, -0.2) is 35.7 Å². The van der Waals surface area contributed by atoms with Crippen molar-refractivity contribution >= 4 is 22.4 Å². The molecule has 9 heteroatoms. The van der Waals surface area contributed by atoms with Gasteiger partial charge in [-0.25, -0.2) is 14.5 Å². The fourth-order valence-electron chi connectivity index (χ4n) is 4.81. The fraction of sp³-hybridized carbons (Fsp3) is 0.208. The fourth-order valence-corrected chi connectivity index (χ4v) is 4.81. The first-order valence-electron chi connectivity index (χ1n) is 10.8. The molecule has 0 saturated carbocycles. The van der Waals surface area contributed by atoms with Gasteiger partial charge in [0.1, 0.15) is 29.4 Å². The van der Waals surface area contributed by atoms with Crippen LogP contribution in [0.15, 0.2) is 59.9 Å². The summed E-state index contributed by atoms with van der Waals surface area (Å²) in [6.45, 7) is 2.66. The summed E-state index contributed by atoms with van der Waals surface area (Å²) in [7, 11) is 0. The molecule has 5 aromatic rings. The Hall–Kier alpha value is -4.45. The zero-order valence-corrected chi connectivity index (χ0v) is 17.9. The molecule has 1 saturated heterocycles. The van der Waals surface area contributed by atoms with Crippen molar-refractivity contribution in [3.8, 4) is 11.8 Å². The number of H-pyrrole nitrogens is 1.